The summed E-state index contributed by atoms with van der Waals surface area (Å²) in [5.74, 6) is 1.02. The molecule has 2 N–H and O–H groups in total. The average molecular weight is 571 g/mol. The van der Waals surface area contributed by atoms with Gasteiger partial charge in [-0.3, -0.25) is 9.59 Å². The monoisotopic (exact) mass is 570 g/mol. The molecule has 1 atom stereocenters. The highest BCUT2D eigenvalue weighted by atomic mass is 35.5. The number of esters is 1. The topological polar surface area (TPSA) is 128 Å². The van der Waals surface area contributed by atoms with Crippen LogP contribution in [0.1, 0.15) is 31.9 Å². The Kier molecular flexibility index (Phi) is 8.83. The molecule has 212 valence electrons. The van der Waals surface area contributed by atoms with Crippen molar-refractivity contribution in [2.75, 3.05) is 38.1 Å². The normalized spacial score (nSPS) is 14.5. The lowest BCUT2D eigenvalue weighted by Gasteiger charge is -2.28. The lowest BCUT2D eigenvalue weighted by molar-refractivity contribution is -0.144. The second-order valence-electron chi connectivity index (χ2n) is 9.23. The molecular weight excluding hydrogens is 540 g/mol. The molecule has 12 heteroatoms. The fourth-order valence-corrected chi connectivity index (χ4v) is 4.40. The van der Waals surface area contributed by atoms with Crippen molar-refractivity contribution in [1.29, 1.82) is 0 Å². The van der Waals surface area contributed by atoms with E-state index in [2.05, 4.69) is 10.6 Å². The number of carbonyl (C=O) groups excluding carboxylic acids is 1. The zero-order valence-corrected chi connectivity index (χ0v) is 23.6. The van der Waals surface area contributed by atoms with Gasteiger partial charge in [-0.2, -0.15) is 0 Å². The van der Waals surface area contributed by atoms with Gasteiger partial charge < -0.3 is 29.6 Å². The van der Waals surface area contributed by atoms with Crippen molar-refractivity contribution in [3.63, 3.8) is 0 Å². The molecular formula is C28H31ClN4O7. The van der Waals surface area contributed by atoms with E-state index in [9.17, 15) is 14.4 Å². The van der Waals surface area contributed by atoms with E-state index in [1.165, 1.54) is 4.42 Å². The summed E-state index contributed by atoms with van der Waals surface area (Å²) in [6.07, 6.45) is -0.112. The second kappa shape index (κ2) is 12.3. The minimum Gasteiger partial charge on any atom is -0.493 e. The largest absolute Gasteiger partial charge is 0.493 e. The number of hydrogen-bond acceptors (Lipinski definition) is 10. The van der Waals surface area contributed by atoms with Crippen LogP contribution >= 0.6 is 11.8 Å². The van der Waals surface area contributed by atoms with Crippen molar-refractivity contribution in [2.45, 2.75) is 39.3 Å². The molecule has 1 aliphatic rings. The van der Waals surface area contributed by atoms with Gasteiger partial charge in [-0.15, -0.1) is 0 Å². The molecule has 40 heavy (non-hydrogen) atoms. The first-order valence-electron chi connectivity index (χ1n) is 12.7. The summed E-state index contributed by atoms with van der Waals surface area (Å²) in [4.78, 5) is 41.6. The van der Waals surface area contributed by atoms with Crippen molar-refractivity contribution >= 4 is 40.6 Å². The Morgan fingerprint density at radius 3 is 2.40 bits per heavy atom. The number of methoxy groups -OCH3 is 2. The zero-order chi connectivity index (χ0) is 29.0. The smallest absolute Gasteiger partial charge is 0.328 e. The number of hydrogen-bond donors (Lipinski definition) is 2. The van der Waals surface area contributed by atoms with Crippen LogP contribution in [-0.2, 0) is 16.0 Å². The number of nitrogens with one attached hydrogen (secondary N) is 2. The summed E-state index contributed by atoms with van der Waals surface area (Å²) in [7, 11) is 3.12. The van der Waals surface area contributed by atoms with Gasteiger partial charge in [0, 0.05) is 29.8 Å². The molecule has 0 fully saturated rings. The van der Waals surface area contributed by atoms with Crippen molar-refractivity contribution in [2.24, 2.45) is 4.99 Å². The molecule has 0 saturated heterocycles. The van der Waals surface area contributed by atoms with Gasteiger partial charge in [0.05, 0.1) is 38.3 Å². The van der Waals surface area contributed by atoms with E-state index in [1.807, 2.05) is 18.2 Å². The molecule has 0 amide bonds. The average Bonchev–Trinajstić information content (AvgIpc) is 2.95. The summed E-state index contributed by atoms with van der Waals surface area (Å²) in [5.41, 5.74) is 1.49. The number of nitrogens with zero attached hydrogens (tertiary/aromatic N) is 2. The van der Waals surface area contributed by atoms with Gasteiger partial charge in [-0.25, -0.2) is 14.2 Å². The molecule has 1 aliphatic heterocycles. The van der Waals surface area contributed by atoms with Crippen LogP contribution in [0, 0.1) is 0 Å². The van der Waals surface area contributed by atoms with E-state index < -0.39 is 22.9 Å². The number of ether oxygens (including phenoxy) is 4. The van der Waals surface area contributed by atoms with Crippen LogP contribution in [0.2, 0.25) is 0 Å². The highest BCUT2D eigenvalue weighted by molar-refractivity contribution is 6.27. The molecule has 1 heterocycles. The summed E-state index contributed by atoms with van der Waals surface area (Å²) in [6.45, 7) is 5.67. The van der Waals surface area contributed by atoms with E-state index in [1.54, 1.807) is 53.2 Å². The molecule has 3 aromatic rings. The molecule has 3 aromatic carbocycles. The first kappa shape index (κ1) is 28.8. The van der Waals surface area contributed by atoms with E-state index in [0.29, 0.717) is 29.7 Å². The van der Waals surface area contributed by atoms with Crippen molar-refractivity contribution in [1.82, 2.24) is 4.42 Å². The van der Waals surface area contributed by atoms with Crippen LogP contribution in [0.25, 0.3) is 0 Å². The highest BCUT2D eigenvalue weighted by Crippen LogP contribution is 2.36. The molecule has 0 radical (unpaired) electrons. The van der Waals surface area contributed by atoms with E-state index >= 15 is 0 Å². The Balaban J connectivity index is 1.58. The molecule has 0 bridgehead atoms. The van der Waals surface area contributed by atoms with Crippen LogP contribution in [-0.4, -0.2) is 55.9 Å². The number of halogens is 1. The van der Waals surface area contributed by atoms with Gasteiger partial charge in [0.1, 0.15) is 18.4 Å². The van der Waals surface area contributed by atoms with Crippen LogP contribution in [0.15, 0.2) is 51.0 Å². The van der Waals surface area contributed by atoms with Crippen molar-refractivity contribution < 1.29 is 23.7 Å². The minimum atomic E-state index is -0.910. The Bertz CT molecular complexity index is 1480. The molecule has 4 rings (SSSR count). The summed E-state index contributed by atoms with van der Waals surface area (Å²) in [6, 6.07) is 9.94. The highest BCUT2D eigenvalue weighted by Gasteiger charge is 2.29. The number of rotatable bonds is 11. The molecule has 0 unspecified atom stereocenters. The third-order valence-electron chi connectivity index (χ3n) is 6.12. The van der Waals surface area contributed by atoms with Gasteiger partial charge in [0.25, 0.3) is 10.9 Å². The number of amidine groups is 1. The second-order valence-corrected chi connectivity index (χ2v) is 9.64. The van der Waals surface area contributed by atoms with Crippen molar-refractivity contribution in [3.8, 4) is 17.2 Å². The van der Waals surface area contributed by atoms with Crippen molar-refractivity contribution in [3.05, 3.63) is 68.0 Å². The Morgan fingerprint density at radius 2 is 1.77 bits per heavy atom. The maximum absolute atomic E-state index is 12.7. The minimum absolute atomic E-state index is 0.0152. The summed E-state index contributed by atoms with van der Waals surface area (Å²) in [5, 5.41) is 6.09. The molecule has 0 aromatic heterocycles. The predicted octanol–water partition coefficient (Wildman–Crippen LogP) is 3.59. The SMILES string of the molecule is CCOC(=O)[C@H](Cc1ccc(N=C2c3cc(OC)c(OC)cc3NCN2Cl)cc1)Nc1c(OC(C)C)c(=O)c1=O. The lowest BCUT2D eigenvalue weighted by atomic mass is 10.0. The van der Waals surface area contributed by atoms with Crippen LogP contribution in [0.3, 0.4) is 0 Å². The van der Waals surface area contributed by atoms with E-state index in [-0.39, 0.29) is 30.6 Å². The molecule has 11 nitrogen and oxygen atoms in total. The molecule has 0 aliphatic carbocycles. The zero-order valence-electron chi connectivity index (χ0n) is 22.9. The van der Waals surface area contributed by atoms with E-state index in [4.69, 9.17) is 35.7 Å². The fourth-order valence-electron chi connectivity index (χ4n) is 4.21. The Hall–Kier alpha value is -4.25. The van der Waals surface area contributed by atoms with Gasteiger partial charge in [-0.1, -0.05) is 12.1 Å². The van der Waals surface area contributed by atoms with Gasteiger partial charge in [0.15, 0.2) is 23.1 Å². The van der Waals surface area contributed by atoms with E-state index in [0.717, 1.165) is 16.8 Å². The number of carbonyl (C=O) groups is 1. The van der Waals surface area contributed by atoms with Crippen LogP contribution in [0.5, 0.6) is 17.2 Å². The predicted molar refractivity (Wildman–Crippen MR) is 153 cm³/mol. The standard InChI is InChI=1S/C28H31ClN4O7/c1-6-39-28(36)20(32-23-24(34)25(35)26(23)40-15(2)3)11-16-7-9-17(10-8-16)31-27-18-12-21(37-4)22(38-5)13-19(18)30-14-33(27)29/h7-10,12-13,15,20,30,32H,6,11,14H2,1-5H3/t20-/m0/s1. The fraction of sp³-hybridized carbons (Fsp3) is 0.357. The lowest BCUT2D eigenvalue weighted by Crippen LogP contribution is -2.42. The number of benzene rings is 2. The van der Waals surface area contributed by atoms with Crippen LogP contribution < -0.4 is 35.7 Å². The molecule has 0 spiro atoms. The maximum Gasteiger partial charge on any atom is 0.328 e. The number of fused-ring (bicyclic) bond motifs is 1. The number of aliphatic imine (C=N–C) groups is 1. The first-order chi connectivity index (χ1) is 19.2. The Morgan fingerprint density at radius 1 is 1.10 bits per heavy atom. The third kappa shape index (κ3) is 5.99. The van der Waals surface area contributed by atoms with Crippen LogP contribution in [0.4, 0.5) is 17.1 Å². The maximum atomic E-state index is 12.7. The summed E-state index contributed by atoms with van der Waals surface area (Å²) >= 11 is 6.47. The molecule has 0 saturated carbocycles. The van der Waals surface area contributed by atoms with Gasteiger partial charge in [-0.05, 0) is 44.5 Å². The Labute approximate surface area is 236 Å². The van der Waals surface area contributed by atoms with Gasteiger partial charge in [0.2, 0.25) is 0 Å². The first-order valence-corrected chi connectivity index (χ1v) is 13.0. The quantitative estimate of drug-likeness (QED) is 0.200. The third-order valence-corrected chi connectivity index (χ3v) is 6.40. The van der Waals surface area contributed by atoms with Gasteiger partial charge >= 0.3 is 5.97 Å². The number of anilines is 2. The summed E-state index contributed by atoms with van der Waals surface area (Å²) < 4.78 is 23.0.